The van der Waals surface area contributed by atoms with Crippen molar-refractivity contribution in [2.75, 3.05) is 20.8 Å². The minimum Gasteiger partial charge on any atom is -0.493 e. The number of amides is 1. The molecule has 2 aromatic carbocycles. The molecule has 0 atom stereocenters. The Labute approximate surface area is 178 Å². The van der Waals surface area contributed by atoms with E-state index in [-0.39, 0.29) is 19.1 Å². The highest BCUT2D eigenvalue weighted by Gasteiger charge is 2.12. The number of benzene rings is 2. The minimum atomic E-state index is -0.207. The Morgan fingerprint density at radius 1 is 1.10 bits per heavy atom. The molecule has 0 unspecified atom stereocenters. The number of nitrogens with zero attached hydrogens (tertiary/aromatic N) is 4. The van der Waals surface area contributed by atoms with E-state index in [9.17, 15) is 4.79 Å². The van der Waals surface area contributed by atoms with E-state index in [4.69, 9.17) is 25.8 Å². The van der Waals surface area contributed by atoms with E-state index in [0.29, 0.717) is 41.1 Å². The van der Waals surface area contributed by atoms with Gasteiger partial charge in [0.25, 0.3) is 0 Å². The fourth-order valence-electron chi connectivity index (χ4n) is 2.73. The van der Waals surface area contributed by atoms with Gasteiger partial charge in [0.05, 0.1) is 19.2 Å². The van der Waals surface area contributed by atoms with Gasteiger partial charge in [-0.2, -0.15) is 0 Å². The van der Waals surface area contributed by atoms with Crippen molar-refractivity contribution in [3.8, 4) is 17.2 Å². The molecule has 0 radical (unpaired) electrons. The number of hydrogen-bond donors (Lipinski definition) is 1. The third-order valence-electron chi connectivity index (χ3n) is 4.28. The van der Waals surface area contributed by atoms with Crippen molar-refractivity contribution in [3.63, 3.8) is 0 Å². The number of ether oxygens (including phenoxy) is 3. The van der Waals surface area contributed by atoms with Gasteiger partial charge < -0.3 is 19.5 Å². The average Bonchev–Trinajstić information content (AvgIpc) is 3.19. The second-order valence-electron chi connectivity index (χ2n) is 6.26. The maximum Gasteiger partial charge on any atom is 0.241 e. The second-order valence-corrected chi connectivity index (χ2v) is 6.67. The van der Waals surface area contributed by atoms with Crippen molar-refractivity contribution in [2.24, 2.45) is 0 Å². The summed E-state index contributed by atoms with van der Waals surface area (Å²) in [6.07, 6.45) is 0.643. The lowest BCUT2D eigenvalue weighted by atomic mass is 10.1. The molecule has 158 valence electrons. The zero-order valence-electron chi connectivity index (χ0n) is 16.7. The number of carbonyl (C=O) groups is 1. The number of halogens is 1. The lowest BCUT2D eigenvalue weighted by molar-refractivity contribution is -0.121. The molecular formula is C20H22ClN5O4. The molecule has 9 nitrogen and oxygen atoms in total. The number of para-hydroxylation sites is 1. The van der Waals surface area contributed by atoms with Crippen LogP contribution in [0, 0.1) is 0 Å². The van der Waals surface area contributed by atoms with Crippen LogP contribution in [0.2, 0.25) is 5.02 Å². The van der Waals surface area contributed by atoms with Crippen LogP contribution in [0.5, 0.6) is 17.2 Å². The number of nitrogens with one attached hydrogen (secondary N) is 1. The van der Waals surface area contributed by atoms with Crippen molar-refractivity contribution in [1.82, 2.24) is 25.5 Å². The molecule has 10 heteroatoms. The van der Waals surface area contributed by atoms with E-state index in [1.165, 1.54) is 4.68 Å². The van der Waals surface area contributed by atoms with Gasteiger partial charge in [0.1, 0.15) is 18.9 Å². The standard InChI is InChI=1S/C20H22ClN5O4/c1-28-17-8-7-14(11-18(17)29-2)9-10-22-20(27)12-26-19(23-24-25-26)13-30-16-6-4-3-5-15(16)21/h3-8,11H,9-10,12-13H2,1-2H3,(H,22,27). The van der Waals surface area contributed by atoms with Crippen molar-refractivity contribution in [2.45, 2.75) is 19.6 Å². The van der Waals surface area contributed by atoms with Crippen LogP contribution in [0.15, 0.2) is 42.5 Å². The highest BCUT2D eigenvalue weighted by molar-refractivity contribution is 6.32. The van der Waals surface area contributed by atoms with E-state index in [1.54, 1.807) is 26.4 Å². The summed E-state index contributed by atoms with van der Waals surface area (Å²) in [6, 6.07) is 12.8. The number of carbonyl (C=O) groups excluding carboxylic acids is 1. The van der Waals surface area contributed by atoms with Crippen molar-refractivity contribution in [3.05, 3.63) is 58.9 Å². The molecule has 0 aliphatic heterocycles. The van der Waals surface area contributed by atoms with Gasteiger partial charge in [-0.3, -0.25) is 4.79 Å². The normalized spacial score (nSPS) is 10.5. The van der Waals surface area contributed by atoms with Crippen LogP contribution in [0.4, 0.5) is 0 Å². The van der Waals surface area contributed by atoms with E-state index >= 15 is 0 Å². The van der Waals surface area contributed by atoms with Crippen molar-refractivity contribution < 1.29 is 19.0 Å². The predicted molar refractivity (Wildman–Crippen MR) is 110 cm³/mol. The first-order chi connectivity index (χ1) is 14.6. The molecule has 3 rings (SSSR count). The molecule has 1 heterocycles. The van der Waals surface area contributed by atoms with Crippen molar-refractivity contribution >= 4 is 17.5 Å². The van der Waals surface area contributed by atoms with E-state index in [0.717, 1.165) is 5.56 Å². The smallest absolute Gasteiger partial charge is 0.241 e. The maximum absolute atomic E-state index is 12.3. The minimum absolute atomic E-state index is 0.0137. The summed E-state index contributed by atoms with van der Waals surface area (Å²) >= 11 is 6.07. The van der Waals surface area contributed by atoms with Gasteiger partial charge in [-0.05, 0) is 46.7 Å². The van der Waals surface area contributed by atoms with E-state index in [2.05, 4.69) is 20.8 Å². The molecular weight excluding hydrogens is 410 g/mol. The van der Waals surface area contributed by atoms with Crippen LogP contribution in [-0.2, 0) is 24.4 Å². The first-order valence-corrected chi connectivity index (χ1v) is 9.58. The van der Waals surface area contributed by atoms with Gasteiger partial charge in [-0.15, -0.1) is 5.10 Å². The molecule has 0 spiro atoms. The topological polar surface area (TPSA) is 100 Å². The summed E-state index contributed by atoms with van der Waals surface area (Å²) in [5.41, 5.74) is 1.02. The van der Waals surface area contributed by atoms with Gasteiger partial charge in [0.15, 0.2) is 17.3 Å². The lowest BCUT2D eigenvalue weighted by Crippen LogP contribution is -2.30. The van der Waals surface area contributed by atoms with Gasteiger partial charge in [-0.25, -0.2) is 4.68 Å². The van der Waals surface area contributed by atoms with E-state index in [1.807, 2.05) is 30.3 Å². The molecule has 0 saturated heterocycles. The van der Waals surface area contributed by atoms with Crippen LogP contribution in [0.3, 0.4) is 0 Å². The number of methoxy groups -OCH3 is 2. The maximum atomic E-state index is 12.3. The van der Waals surface area contributed by atoms with Gasteiger partial charge >= 0.3 is 0 Å². The van der Waals surface area contributed by atoms with Gasteiger partial charge in [0.2, 0.25) is 5.91 Å². The van der Waals surface area contributed by atoms with Gasteiger partial charge in [0, 0.05) is 6.54 Å². The molecule has 0 fully saturated rings. The molecule has 0 bridgehead atoms. The first kappa shape index (κ1) is 21.4. The summed E-state index contributed by atoms with van der Waals surface area (Å²) in [5, 5.41) is 14.7. The Morgan fingerprint density at radius 3 is 2.67 bits per heavy atom. The summed E-state index contributed by atoms with van der Waals surface area (Å²) in [5.74, 6) is 2.05. The summed E-state index contributed by atoms with van der Waals surface area (Å²) in [6.45, 7) is 0.539. The van der Waals surface area contributed by atoms with Crippen LogP contribution >= 0.6 is 11.6 Å². The van der Waals surface area contributed by atoms with E-state index < -0.39 is 0 Å². The zero-order valence-corrected chi connectivity index (χ0v) is 17.4. The Balaban J connectivity index is 1.49. The number of tetrazole rings is 1. The molecule has 1 N–H and O–H groups in total. The Kier molecular flexibility index (Phi) is 7.45. The third kappa shape index (κ3) is 5.60. The number of rotatable bonds is 10. The predicted octanol–water partition coefficient (Wildman–Crippen LogP) is 2.28. The fourth-order valence-corrected chi connectivity index (χ4v) is 2.92. The first-order valence-electron chi connectivity index (χ1n) is 9.20. The Bertz CT molecular complexity index is 995. The quantitative estimate of drug-likeness (QED) is 0.525. The van der Waals surface area contributed by atoms with Crippen molar-refractivity contribution in [1.29, 1.82) is 0 Å². The largest absolute Gasteiger partial charge is 0.493 e. The highest BCUT2D eigenvalue weighted by Crippen LogP contribution is 2.27. The number of hydrogen-bond acceptors (Lipinski definition) is 7. The fraction of sp³-hybridized carbons (Fsp3) is 0.300. The highest BCUT2D eigenvalue weighted by atomic mass is 35.5. The van der Waals surface area contributed by atoms with Crippen LogP contribution in [0.1, 0.15) is 11.4 Å². The summed E-state index contributed by atoms with van der Waals surface area (Å²) in [7, 11) is 3.17. The summed E-state index contributed by atoms with van der Waals surface area (Å²) in [4.78, 5) is 12.3. The van der Waals surface area contributed by atoms with Crippen LogP contribution < -0.4 is 19.5 Å². The monoisotopic (exact) mass is 431 g/mol. The Hall–Kier alpha value is -3.33. The third-order valence-corrected chi connectivity index (χ3v) is 4.59. The molecule has 0 saturated carbocycles. The summed E-state index contributed by atoms with van der Waals surface area (Å²) < 4.78 is 17.5. The Morgan fingerprint density at radius 2 is 1.90 bits per heavy atom. The molecule has 0 aliphatic rings. The average molecular weight is 432 g/mol. The van der Waals surface area contributed by atoms with Crippen LogP contribution in [0.25, 0.3) is 0 Å². The molecule has 1 aromatic heterocycles. The van der Waals surface area contributed by atoms with Crippen LogP contribution in [-0.4, -0.2) is 46.9 Å². The molecule has 3 aromatic rings. The lowest BCUT2D eigenvalue weighted by Gasteiger charge is -2.10. The number of aromatic nitrogens is 4. The molecule has 30 heavy (non-hydrogen) atoms. The van der Waals surface area contributed by atoms with Gasteiger partial charge in [-0.1, -0.05) is 29.8 Å². The molecule has 1 amide bonds. The zero-order chi connectivity index (χ0) is 21.3. The molecule has 0 aliphatic carbocycles. The SMILES string of the molecule is COc1ccc(CCNC(=O)Cn2nnnc2COc2ccccc2Cl)cc1OC. The second kappa shape index (κ2) is 10.4.